The zero-order valence-electron chi connectivity index (χ0n) is 18.6. The Kier molecular flexibility index (Phi) is 5.40. The van der Waals surface area contributed by atoms with Crippen LogP contribution < -0.4 is 5.32 Å². The summed E-state index contributed by atoms with van der Waals surface area (Å²) in [5.41, 5.74) is 5.15. The first-order valence-electron chi connectivity index (χ1n) is 11.1. The Labute approximate surface area is 174 Å². The highest BCUT2D eigenvalue weighted by atomic mass is 16.1. The first kappa shape index (κ1) is 20.3. The van der Waals surface area contributed by atoms with Gasteiger partial charge in [-0.05, 0) is 78.3 Å². The second kappa shape index (κ2) is 7.71. The molecule has 0 spiro atoms. The molecule has 2 aliphatic rings. The van der Waals surface area contributed by atoms with Gasteiger partial charge in [0.25, 0.3) is 0 Å². The van der Waals surface area contributed by atoms with E-state index < -0.39 is 0 Å². The van der Waals surface area contributed by atoms with E-state index in [0.29, 0.717) is 18.8 Å². The summed E-state index contributed by atoms with van der Waals surface area (Å²) in [6.07, 6.45) is 5.17. The number of fused-ring (bicyclic) bond motifs is 1. The van der Waals surface area contributed by atoms with E-state index in [9.17, 15) is 4.79 Å². The zero-order chi connectivity index (χ0) is 20.8. The molecule has 0 aromatic carbocycles. The molecule has 1 atom stereocenters. The van der Waals surface area contributed by atoms with Crippen LogP contribution in [0.2, 0.25) is 0 Å². The molecule has 1 aliphatic heterocycles. The maximum Gasteiger partial charge on any atom is 0.220 e. The molecular weight excluding hydrogens is 362 g/mol. The molecule has 2 aromatic rings. The van der Waals surface area contributed by atoms with Crippen LogP contribution >= 0.6 is 0 Å². The molecule has 4 rings (SSSR count). The number of carbonyl (C=O) groups is 1. The second-order valence-electron chi connectivity index (χ2n) is 10.1. The van der Waals surface area contributed by atoms with E-state index in [-0.39, 0.29) is 11.4 Å². The number of nitrogens with zero attached hydrogens (tertiary/aromatic N) is 4. The van der Waals surface area contributed by atoms with Gasteiger partial charge in [0, 0.05) is 48.4 Å². The van der Waals surface area contributed by atoms with Crippen molar-refractivity contribution < 1.29 is 4.79 Å². The van der Waals surface area contributed by atoms with Gasteiger partial charge < -0.3 is 10.2 Å². The molecule has 1 saturated carbocycles. The summed E-state index contributed by atoms with van der Waals surface area (Å²) in [5, 5.41) is 7.98. The van der Waals surface area contributed by atoms with E-state index in [1.54, 1.807) is 0 Å². The second-order valence-corrected chi connectivity index (χ2v) is 10.1. The van der Waals surface area contributed by atoms with Crippen LogP contribution in [0.5, 0.6) is 0 Å². The Bertz CT molecular complexity index is 906. The number of aryl methyl sites for hydroxylation is 2. The average Bonchev–Trinajstić information content (AvgIpc) is 3.12. The van der Waals surface area contributed by atoms with E-state index in [1.165, 1.54) is 38.0 Å². The van der Waals surface area contributed by atoms with Gasteiger partial charge >= 0.3 is 0 Å². The van der Waals surface area contributed by atoms with Crippen LogP contribution in [0.1, 0.15) is 75.0 Å². The third kappa shape index (κ3) is 4.80. The largest absolute Gasteiger partial charge is 0.351 e. The molecule has 1 N–H and O–H groups in total. The summed E-state index contributed by atoms with van der Waals surface area (Å²) in [6, 6.07) is 2.17. The summed E-state index contributed by atoms with van der Waals surface area (Å²) in [5.74, 6) is 1.54. The van der Waals surface area contributed by atoms with Crippen LogP contribution in [0.25, 0.3) is 5.65 Å². The molecule has 29 heavy (non-hydrogen) atoms. The standard InChI is InChI=1S/C23H35N5O/c1-15-19(8-9-22(29)25-23(3,4)5)16(2)28-21(24-15)12-20(26-28)18-10-11-27(14-18)13-17-6-7-17/h12,17-18H,6-11,13-14H2,1-5H3,(H,25,29)/t18-/m0/s1. The first-order chi connectivity index (χ1) is 13.7. The third-order valence-electron chi connectivity index (χ3n) is 6.20. The first-order valence-corrected chi connectivity index (χ1v) is 11.1. The van der Waals surface area contributed by atoms with Crippen molar-refractivity contribution in [3.63, 3.8) is 0 Å². The van der Waals surface area contributed by atoms with Gasteiger partial charge in [-0.1, -0.05) is 0 Å². The van der Waals surface area contributed by atoms with Gasteiger partial charge in [-0.25, -0.2) is 9.50 Å². The van der Waals surface area contributed by atoms with Crippen molar-refractivity contribution in [2.45, 2.75) is 78.2 Å². The molecule has 1 aliphatic carbocycles. The molecule has 1 saturated heterocycles. The highest BCUT2D eigenvalue weighted by Gasteiger charge is 2.31. The molecule has 0 unspecified atom stereocenters. The minimum atomic E-state index is -0.199. The number of nitrogens with one attached hydrogen (secondary N) is 1. The maximum absolute atomic E-state index is 12.2. The lowest BCUT2D eigenvalue weighted by Crippen LogP contribution is -2.40. The normalized spacial score (nSPS) is 20.5. The van der Waals surface area contributed by atoms with Crippen LogP contribution in [0.3, 0.4) is 0 Å². The zero-order valence-corrected chi connectivity index (χ0v) is 18.6. The topological polar surface area (TPSA) is 62.5 Å². The summed E-state index contributed by atoms with van der Waals surface area (Å²) in [4.78, 5) is 19.7. The smallest absolute Gasteiger partial charge is 0.220 e. The average molecular weight is 398 g/mol. The van der Waals surface area contributed by atoms with Gasteiger partial charge in [0.1, 0.15) is 0 Å². The number of hydrogen-bond donors (Lipinski definition) is 1. The number of likely N-dealkylation sites (tertiary alicyclic amines) is 1. The Morgan fingerprint density at radius 2 is 2.00 bits per heavy atom. The van der Waals surface area contributed by atoms with E-state index in [1.807, 2.05) is 32.2 Å². The van der Waals surface area contributed by atoms with Gasteiger partial charge in [-0.2, -0.15) is 5.10 Å². The van der Waals surface area contributed by atoms with Crippen LogP contribution in [0.4, 0.5) is 0 Å². The number of amides is 1. The van der Waals surface area contributed by atoms with Crippen molar-refractivity contribution in [1.29, 1.82) is 0 Å². The van der Waals surface area contributed by atoms with Gasteiger partial charge in [-0.3, -0.25) is 4.79 Å². The van der Waals surface area contributed by atoms with Crippen molar-refractivity contribution in [1.82, 2.24) is 24.8 Å². The summed E-state index contributed by atoms with van der Waals surface area (Å²) in [7, 11) is 0. The third-order valence-corrected chi connectivity index (χ3v) is 6.20. The fourth-order valence-corrected chi connectivity index (χ4v) is 4.53. The van der Waals surface area contributed by atoms with Gasteiger partial charge in [-0.15, -0.1) is 0 Å². The SMILES string of the molecule is Cc1nc2cc([C@H]3CCN(CC4CC4)C3)nn2c(C)c1CCC(=O)NC(C)(C)C. The van der Waals surface area contributed by atoms with E-state index in [4.69, 9.17) is 10.1 Å². The lowest BCUT2D eigenvalue weighted by atomic mass is 10.0. The molecule has 3 heterocycles. The van der Waals surface area contributed by atoms with E-state index >= 15 is 0 Å². The highest BCUT2D eigenvalue weighted by Crippen LogP contribution is 2.34. The Hall–Kier alpha value is -1.95. The minimum absolute atomic E-state index is 0.0826. The minimum Gasteiger partial charge on any atom is -0.351 e. The quantitative estimate of drug-likeness (QED) is 0.812. The van der Waals surface area contributed by atoms with Gasteiger partial charge in [0.05, 0.1) is 5.69 Å². The van der Waals surface area contributed by atoms with Crippen molar-refractivity contribution in [2.75, 3.05) is 19.6 Å². The Balaban J connectivity index is 1.48. The van der Waals surface area contributed by atoms with Crippen molar-refractivity contribution in [3.05, 3.63) is 28.7 Å². The summed E-state index contributed by atoms with van der Waals surface area (Å²) < 4.78 is 1.99. The van der Waals surface area contributed by atoms with Crippen molar-refractivity contribution in [2.24, 2.45) is 5.92 Å². The van der Waals surface area contributed by atoms with Crippen molar-refractivity contribution >= 4 is 11.6 Å². The molecular formula is C23H35N5O. The van der Waals surface area contributed by atoms with Crippen molar-refractivity contribution in [3.8, 4) is 0 Å². The van der Waals surface area contributed by atoms with Crippen LogP contribution in [-0.4, -0.2) is 50.6 Å². The predicted molar refractivity (Wildman–Crippen MR) is 115 cm³/mol. The maximum atomic E-state index is 12.2. The summed E-state index contributed by atoms with van der Waals surface area (Å²) in [6.45, 7) is 13.8. The predicted octanol–water partition coefficient (Wildman–Crippen LogP) is 3.39. The van der Waals surface area contributed by atoms with Crippen LogP contribution in [-0.2, 0) is 11.2 Å². The Morgan fingerprint density at radius 1 is 1.24 bits per heavy atom. The number of aromatic nitrogens is 3. The molecule has 6 heteroatoms. The highest BCUT2D eigenvalue weighted by molar-refractivity contribution is 5.77. The van der Waals surface area contributed by atoms with E-state index in [0.717, 1.165) is 35.1 Å². The molecule has 6 nitrogen and oxygen atoms in total. The van der Waals surface area contributed by atoms with E-state index in [2.05, 4.69) is 23.2 Å². The molecule has 0 radical (unpaired) electrons. The Morgan fingerprint density at radius 3 is 2.69 bits per heavy atom. The fraction of sp³-hybridized carbons (Fsp3) is 0.696. The number of carbonyl (C=O) groups excluding carboxylic acids is 1. The fourth-order valence-electron chi connectivity index (χ4n) is 4.53. The molecule has 1 amide bonds. The number of rotatable bonds is 6. The van der Waals surface area contributed by atoms with Gasteiger partial charge in [0.2, 0.25) is 5.91 Å². The number of hydrogen-bond acceptors (Lipinski definition) is 4. The summed E-state index contributed by atoms with van der Waals surface area (Å²) >= 11 is 0. The molecule has 158 valence electrons. The molecule has 2 fully saturated rings. The lowest BCUT2D eigenvalue weighted by molar-refractivity contribution is -0.122. The monoisotopic (exact) mass is 397 g/mol. The molecule has 2 aromatic heterocycles. The lowest BCUT2D eigenvalue weighted by Gasteiger charge is -2.20. The van der Waals surface area contributed by atoms with Crippen LogP contribution in [0.15, 0.2) is 6.07 Å². The van der Waals surface area contributed by atoms with Gasteiger partial charge in [0.15, 0.2) is 5.65 Å². The molecule has 0 bridgehead atoms. The van der Waals surface area contributed by atoms with Crippen LogP contribution in [0, 0.1) is 19.8 Å².